The average Bonchev–Trinajstić information content (AvgIpc) is 3.14. The maximum atomic E-state index is 13.3. The van der Waals surface area contributed by atoms with Crippen LogP contribution in [-0.4, -0.2) is 44.1 Å². The number of rotatable bonds is 8. The van der Waals surface area contributed by atoms with Gasteiger partial charge in [-0.15, -0.1) is 0 Å². The molecule has 0 N–H and O–H groups in total. The summed E-state index contributed by atoms with van der Waals surface area (Å²) in [5.74, 6) is -1.48. The van der Waals surface area contributed by atoms with E-state index < -0.39 is 32.8 Å². The van der Waals surface area contributed by atoms with E-state index in [1.54, 1.807) is 51.1 Å². The van der Waals surface area contributed by atoms with Crippen LogP contribution in [0.2, 0.25) is 0 Å². The molecule has 0 aliphatic heterocycles. The van der Waals surface area contributed by atoms with Crippen LogP contribution in [0.25, 0.3) is 5.69 Å². The molecule has 0 aliphatic rings. The van der Waals surface area contributed by atoms with E-state index in [4.69, 9.17) is 4.18 Å². The number of aromatic nitrogens is 5. The zero-order chi connectivity index (χ0) is 23.6. The van der Waals surface area contributed by atoms with Crippen LogP contribution in [0, 0.1) is 0 Å². The molecule has 170 valence electrons. The molecule has 0 unspecified atom stereocenters. The predicted molar refractivity (Wildman–Crippen MR) is 116 cm³/mol. The summed E-state index contributed by atoms with van der Waals surface area (Å²) >= 11 is 0. The number of nitrogens with zero attached hydrogens (tertiary/aromatic N) is 5. The zero-order valence-corrected chi connectivity index (χ0v) is 18.9. The Labute approximate surface area is 184 Å². The Bertz CT molecular complexity index is 1370. The van der Waals surface area contributed by atoms with Crippen molar-refractivity contribution in [2.75, 3.05) is 5.75 Å². The molecule has 1 aromatic carbocycles. The number of ketones is 1. The molecule has 0 spiro atoms. The van der Waals surface area contributed by atoms with E-state index in [1.165, 1.54) is 11.7 Å². The largest absolute Gasteiger partial charge is 0.361 e. The van der Waals surface area contributed by atoms with Crippen LogP contribution < -0.4 is 15.4 Å². The minimum atomic E-state index is -4.00. The summed E-state index contributed by atoms with van der Waals surface area (Å²) < 4.78 is 32.7. The third-order valence-corrected chi connectivity index (χ3v) is 5.82. The summed E-state index contributed by atoms with van der Waals surface area (Å²) in [7, 11) is -2.69. The van der Waals surface area contributed by atoms with Gasteiger partial charge in [0.1, 0.15) is 5.56 Å². The van der Waals surface area contributed by atoms with Crippen molar-refractivity contribution in [3.63, 3.8) is 0 Å². The van der Waals surface area contributed by atoms with E-state index in [9.17, 15) is 22.8 Å². The summed E-state index contributed by atoms with van der Waals surface area (Å²) in [5, 5.41) is 7.90. The van der Waals surface area contributed by atoms with Gasteiger partial charge in [0.2, 0.25) is 11.7 Å². The molecule has 32 heavy (non-hydrogen) atoms. The molecule has 12 heteroatoms. The lowest BCUT2D eigenvalue weighted by Crippen LogP contribution is -2.42. The molecule has 2 heterocycles. The van der Waals surface area contributed by atoms with Crippen molar-refractivity contribution in [3.05, 3.63) is 68.6 Å². The molecule has 0 amide bonds. The van der Waals surface area contributed by atoms with Gasteiger partial charge >= 0.3 is 15.8 Å². The minimum absolute atomic E-state index is 0.249. The molecule has 11 nitrogen and oxygen atoms in total. The molecule has 0 radical (unpaired) electrons. The lowest BCUT2D eigenvalue weighted by Gasteiger charge is -2.13. The fourth-order valence-corrected chi connectivity index (χ4v) is 4.01. The van der Waals surface area contributed by atoms with E-state index in [1.807, 2.05) is 0 Å². The van der Waals surface area contributed by atoms with Crippen molar-refractivity contribution in [1.29, 1.82) is 0 Å². The van der Waals surface area contributed by atoms with E-state index in [-0.39, 0.29) is 28.9 Å². The Morgan fingerprint density at radius 2 is 1.81 bits per heavy atom. The van der Waals surface area contributed by atoms with Gasteiger partial charge in [-0.3, -0.25) is 9.59 Å². The number of benzene rings is 1. The first-order valence-electron chi connectivity index (χ1n) is 9.87. The van der Waals surface area contributed by atoms with Gasteiger partial charge in [-0.25, -0.2) is 18.7 Å². The number of hydrogen-bond acceptors (Lipinski definition) is 8. The van der Waals surface area contributed by atoms with Gasteiger partial charge in [0.25, 0.3) is 5.56 Å². The molecule has 0 atom stereocenters. The van der Waals surface area contributed by atoms with Crippen molar-refractivity contribution >= 4 is 15.9 Å². The summed E-state index contributed by atoms with van der Waals surface area (Å²) in [6.07, 6.45) is 1.43. The number of carbonyl (C=O) groups is 1. The summed E-state index contributed by atoms with van der Waals surface area (Å²) in [6, 6.07) is 7.74. The smallest absolute Gasteiger partial charge is 0.351 e. The molecule has 3 aromatic rings. The highest BCUT2D eigenvalue weighted by Crippen LogP contribution is 2.25. The van der Waals surface area contributed by atoms with Crippen molar-refractivity contribution < 1.29 is 17.4 Å². The Balaban J connectivity index is 2.20. The highest BCUT2D eigenvalue weighted by molar-refractivity contribution is 7.87. The van der Waals surface area contributed by atoms with Crippen LogP contribution in [0.4, 0.5) is 0 Å². The highest BCUT2D eigenvalue weighted by Gasteiger charge is 2.29. The van der Waals surface area contributed by atoms with Crippen molar-refractivity contribution in [3.8, 4) is 11.6 Å². The molecule has 0 saturated heterocycles. The first kappa shape index (κ1) is 23.1. The molecule has 0 aliphatic carbocycles. The van der Waals surface area contributed by atoms with Crippen LogP contribution in [0.5, 0.6) is 5.88 Å². The van der Waals surface area contributed by atoms with Crippen LogP contribution in [0.15, 0.2) is 46.1 Å². The minimum Gasteiger partial charge on any atom is -0.361 e. The van der Waals surface area contributed by atoms with E-state index in [2.05, 4.69) is 10.2 Å². The van der Waals surface area contributed by atoms with E-state index >= 15 is 0 Å². The first-order valence-corrected chi connectivity index (χ1v) is 11.4. The maximum Gasteiger partial charge on any atom is 0.351 e. The topological polar surface area (TPSA) is 135 Å². The molecular formula is C20H23N5O6S. The third kappa shape index (κ3) is 4.40. The van der Waals surface area contributed by atoms with Crippen LogP contribution in [-0.2, 0) is 17.2 Å². The molecule has 2 aromatic heterocycles. The molecule has 0 fully saturated rings. The third-order valence-electron chi connectivity index (χ3n) is 4.50. The summed E-state index contributed by atoms with van der Waals surface area (Å²) in [5.41, 5.74) is -2.24. The monoisotopic (exact) mass is 461 g/mol. The lowest BCUT2D eigenvalue weighted by atomic mass is 10.1. The van der Waals surface area contributed by atoms with E-state index in [0.717, 1.165) is 15.4 Å². The highest BCUT2D eigenvalue weighted by atomic mass is 32.2. The van der Waals surface area contributed by atoms with Gasteiger partial charge in [0.15, 0.2) is 5.69 Å². The van der Waals surface area contributed by atoms with Gasteiger partial charge in [-0.1, -0.05) is 25.1 Å². The second kappa shape index (κ2) is 8.91. The standard InChI is InChI=1S/C20H23N5O6S/c1-5-11-32(29,30)31-19-15(12-21-25(19)13(2)3)17(26)16-18(27)24(20(28)23(4)22-16)14-9-7-6-8-10-14/h6-10,12-13H,5,11H2,1-4H3. The fraction of sp³-hybridized carbons (Fsp3) is 0.350. The van der Waals surface area contributed by atoms with Crippen molar-refractivity contribution in [2.24, 2.45) is 7.05 Å². The average molecular weight is 462 g/mol. The Morgan fingerprint density at radius 3 is 2.41 bits per heavy atom. The van der Waals surface area contributed by atoms with Gasteiger partial charge < -0.3 is 4.18 Å². The molecule has 0 bridgehead atoms. The van der Waals surface area contributed by atoms with E-state index in [0.29, 0.717) is 6.42 Å². The number of para-hydroxylation sites is 1. The van der Waals surface area contributed by atoms with Gasteiger partial charge in [-0.2, -0.15) is 18.6 Å². The Hall–Kier alpha value is -3.54. The van der Waals surface area contributed by atoms with Gasteiger partial charge in [0.05, 0.1) is 23.7 Å². The number of carbonyl (C=O) groups excluding carboxylic acids is 1. The van der Waals surface area contributed by atoms with Crippen molar-refractivity contribution in [2.45, 2.75) is 33.2 Å². The SMILES string of the molecule is CCCS(=O)(=O)Oc1c(C(=O)c2nn(C)c(=O)n(-c3ccccc3)c2=O)cnn1C(C)C. The molecular weight excluding hydrogens is 438 g/mol. The zero-order valence-electron chi connectivity index (χ0n) is 18.0. The second-order valence-electron chi connectivity index (χ2n) is 7.31. The maximum absolute atomic E-state index is 13.3. The fourth-order valence-electron chi connectivity index (χ4n) is 3.02. The second-order valence-corrected chi connectivity index (χ2v) is 9.00. The number of hydrogen-bond donors (Lipinski definition) is 0. The van der Waals surface area contributed by atoms with Crippen LogP contribution >= 0.6 is 0 Å². The summed E-state index contributed by atoms with van der Waals surface area (Å²) in [6.45, 7) is 5.13. The normalized spacial score (nSPS) is 11.7. The quantitative estimate of drug-likeness (QED) is 0.359. The predicted octanol–water partition coefficient (Wildman–Crippen LogP) is 1.06. The lowest BCUT2D eigenvalue weighted by molar-refractivity contribution is 0.102. The number of aryl methyl sites for hydroxylation is 1. The molecule has 3 rings (SSSR count). The summed E-state index contributed by atoms with van der Waals surface area (Å²) in [4.78, 5) is 38.9. The Morgan fingerprint density at radius 1 is 1.16 bits per heavy atom. The van der Waals surface area contributed by atoms with Crippen LogP contribution in [0.1, 0.15) is 49.3 Å². The Kier molecular flexibility index (Phi) is 6.44. The van der Waals surface area contributed by atoms with Crippen LogP contribution in [0.3, 0.4) is 0 Å². The molecule has 0 saturated carbocycles. The van der Waals surface area contributed by atoms with Gasteiger partial charge in [0, 0.05) is 7.05 Å². The first-order chi connectivity index (χ1) is 15.1. The van der Waals surface area contributed by atoms with Crippen molar-refractivity contribution in [1.82, 2.24) is 24.1 Å². The van der Waals surface area contributed by atoms with Gasteiger partial charge in [-0.05, 0) is 32.4 Å².